The first-order valence-electron chi connectivity index (χ1n) is 5.79. The fourth-order valence-electron chi connectivity index (χ4n) is 1.70. The van der Waals surface area contributed by atoms with Crippen LogP contribution in [0.3, 0.4) is 0 Å². The van der Waals surface area contributed by atoms with Gasteiger partial charge in [-0.05, 0) is 37.7 Å². The Kier molecular flexibility index (Phi) is 6.33. The molecule has 0 saturated carbocycles. The van der Waals surface area contributed by atoms with Crippen LogP contribution in [-0.2, 0) is 0 Å². The smallest absolute Gasteiger partial charge is 0.0366 e. The molecule has 0 radical (unpaired) electrons. The molecule has 0 aliphatic rings. The fourth-order valence-corrected chi connectivity index (χ4v) is 1.92. The number of thiol groups is 1. The molecule has 0 amide bonds. The van der Waals surface area contributed by atoms with E-state index in [1.807, 2.05) is 0 Å². The summed E-state index contributed by atoms with van der Waals surface area (Å²) in [6, 6.07) is 10.6. The van der Waals surface area contributed by atoms with Crippen molar-refractivity contribution < 1.29 is 0 Å². The highest BCUT2D eigenvalue weighted by molar-refractivity contribution is 7.80. The predicted molar refractivity (Wildman–Crippen MR) is 72.0 cm³/mol. The molecule has 0 unspecified atom stereocenters. The van der Waals surface area contributed by atoms with Crippen molar-refractivity contribution >= 4 is 18.3 Å². The van der Waals surface area contributed by atoms with E-state index >= 15 is 0 Å². The summed E-state index contributed by atoms with van der Waals surface area (Å²) in [5, 5.41) is 0. The lowest BCUT2D eigenvalue weighted by Gasteiger charge is -2.22. The molecule has 0 spiro atoms. The largest absolute Gasteiger partial charge is 0.372 e. The summed E-state index contributed by atoms with van der Waals surface area (Å²) in [5.41, 5.74) is 1.34. The minimum Gasteiger partial charge on any atom is -0.372 e. The van der Waals surface area contributed by atoms with E-state index in [0.29, 0.717) is 0 Å². The maximum Gasteiger partial charge on any atom is 0.0366 e. The molecule has 0 aromatic heterocycles. The van der Waals surface area contributed by atoms with Crippen molar-refractivity contribution in [1.82, 2.24) is 0 Å². The quantitative estimate of drug-likeness (QED) is 0.546. The summed E-state index contributed by atoms with van der Waals surface area (Å²) in [5.74, 6) is 1.01. The van der Waals surface area contributed by atoms with Crippen LogP contribution in [0.5, 0.6) is 0 Å². The van der Waals surface area contributed by atoms with Gasteiger partial charge in [-0.25, -0.2) is 0 Å². The molecule has 0 aliphatic heterocycles. The summed E-state index contributed by atoms with van der Waals surface area (Å²) in [7, 11) is 0. The van der Waals surface area contributed by atoms with E-state index in [1.165, 1.54) is 24.9 Å². The van der Waals surface area contributed by atoms with Crippen LogP contribution in [-0.4, -0.2) is 18.8 Å². The van der Waals surface area contributed by atoms with Gasteiger partial charge in [-0.1, -0.05) is 24.6 Å². The molecular formula is C13H21NS. The number of para-hydroxylation sites is 1. The van der Waals surface area contributed by atoms with Crippen molar-refractivity contribution in [2.45, 2.75) is 26.2 Å². The van der Waals surface area contributed by atoms with Gasteiger partial charge in [0.1, 0.15) is 0 Å². The standard InChI is InChI=1S/C13H21NS/c1-2-14(11-7-4-8-12-15)13-9-5-3-6-10-13/h3,5-6,9-10,15H,2,4,7-8,11-12H2,1H3. The summed E-state index contributed by atoms with van der Waals surface area (Å²) >= 11 is 4.22. The highest BCUT2D eigenvalue weighted by atomic mass is 32.1. The first-order chi connectivity index (χ1) is 7.38. The minimum atomic E-state index is 1.01. The third-order valence-corrected chi connectivity index (χ3v) is 2.91. The molecule has 1 aromatic rings. The molecule has 0 heterocycles. The van der Waals surface area contributed by atoms with Gasteiger partial charge in [0.15, 0.2) is 0 Å². The Bertz CT molecular complexity index is 248. The number of nitrogens with zero attached hydrogens (tertiary/aromatic N) is 1. The maximum absolute atomic E-state index is 4.22. The van der Waals surface area contributed by atoms with Crippen molar-refractivity contribution in [1.29, 1.82) is 0 Å². The summed E-state index contributed by atoms with van der Waals surface area (Å²) in [4.78, 5) is 2.43. The molecule has 1 aromatic carbocycles. The number of rotatable bonds is 7. The Hall–Kier alpha value is -0.630. The lowest BCUT2D eigenvalue weighted by Crippen LogP contribution is -2.23. The van der Waals surface area contributed by atoms with E-state index in [0.717, 1.165) is 18.8 Å². The normalized spacial score (nSPS) is 10.3. The van der Waals surface area contributed by atoms with Gasteiger partial charge < -0.3 is 4.90 Å². The van der Waals surface area contributed by atoms with E-state index < -0.39 is 0 Å². The van der Waals surface area contributed by atoms with E-state index in [4.69, 9.17) is 0 Å². The van der Waals surface area contributed by atoms with Gasteiger partial charge >= 0.3 is 0 Å². The van der Waals surface area contributed by atoms with Crippen molar-refractivity contribution in [2.75, 3.05) is 23.7 Å². The van der Waals surface area contributed by atoms with Gasteiger partial charge in [0.2, 0.25) is 0 Å². The highest BCUT2D eigenvalue weighted by Crippen LogP contribution is 2.13. The van der Waals surface area contributed by atoms with Gasteiger partial charge in [-0.2, -0.15) is 12.6 Å². The van der Waals surface area contributed by atoms with Gasteiger partial charge in [0.25, 0.3) is 0 Å². The van der Waals surface area contributed by atoms with Crippen LogP contribution in [0.1, 0.15) is 26.2 Å². The molecule has 0 N–H and O–H groups in total. The first kappa shape index (κ1) is 12.4. The number of hydrogen-bond acceptors (Lipinski definition) is 2. The van der Waals surface area contributed by atoms with Gasteiger partial charge in [0.05, 0.1) is 0 Å². The van der Waals surface area contributed by atoms with E-state index in [9.17, 15) is 0 Å². The zero-order valence-corrected chi connectivity index (χ0v) is 10.4. The maximum atomic E-state index is 4.22. The number of benzene rings is 1. The Morgan fingerprint density at radius 2 is 1.80 bits per heavy atom. The first-order valence-corrected chi connectivity index (χ1v) is 6.42. The lowest BCUT2D eigenvalue weighted by atomic mass is 10.2. The Morgan fingerprint density at radius 3 is 2.40 bits per heavy atom. The topological polar surface area (TPSA) is 3.24 Å². The van der Waals surface area contributed by atoms with Crippen molar-refractivity contribution in [3.05, 3.63) is 30.3 Å². The van der Waals surface area contributed by atoms with Crippen LogP contribution in [0, 0.1) is 0 Å². The molecule has 84 valence electrons. The SMILES string of the molecule is CCN(CCCCCS)c1ccccc1. The molecule has 15 heavy (non-hydrogen) atoms. The monoisotopic (exact) mass is 223 g/mol. The molecule has 0 atom stereocenters. The van der Waals surface area contributed by atoms with Crippen molar-refractivity contribution in [3.63, 3.8) is 0 Å². The van der Waals surface area contributed by atoms with E-state index in [2.05, 4.69) is 54.8 Å². The summed E-state index contributed by atoms with van der Waals surface area (Å²) < 4.78 is 0. The molecule has 0 saturated heterocycles. The third-order valence-electron chi connectivity index (χ3n) is 2.59. The Balaban J connectivity index is 2.36. The fraction of sp³-hybridized carbons (Fsp3) is 0.538. The minimum absolute atomic E-state index is 1.01. The summed E-state index contributed by atoms with van der Waals surface area (Å²) in [6.45, 7) is 4.46. The Labute approximate surface area is 98.9 Å². The number of hydrogen-bond donors (Lipinski definition) is 1. The number of anilines is 1. The summed E-state index contributed by atoms with van der Waals surface area (Å²) in [6.07, 6.45) is 3.78. The van der Waals surface area contributed by atoms with Crippen molar-refractivity contribution in [3.8, 4) is 0 Å². The van der Waals surface area contributed by atoms with Crippen LogP contribution in [0.4, 0.5) is 5.69 Å². The molecule has 0 aliphatic carbocycles. The van der Waals surface area contributed by atoms with E-state index in [-0.39, 0.29) is 0 Å². The van der Waals surface area contributed by atoms with Crippen molar-refractivity contribution in [2.24, 2.45) is 0 Å². The highest BCUT2D eigenvalue weighted by Gasteiger charge is 2.01. The zero-order valence-electron chi connectivity index (χ0n) is 9.52. The van der Waals surface area contributed by atoms with Crippen LogP contribution in [0.25, 0.3) is 0 Å². The molecule has 1 rings (SSSR count). The number of unbranched alkanes of at least 4 members (excludes halogenated alkanes) is 2. The van der Waals surface area contributed by atoms with E-state index in [1.54, 1.807) is 0 Å². The second-order valence-corrected chi connectivity index (χ2v) is 4.15. The zero-order chi connectivity index (χ0) is 10.9. The third kappa shape index (κ3) is 4.61. The molecular weight excluding hydrogens is 202 g/mol. The average molecular weight is 223 g/mol. The molecule has 2 heteroatoms. The van der Waals surface area contributed by atoms with Gasteiger partial charge in [-0.3, -0.25) is 0 Å². The second kappa shape index (κ2) is 7.63. The second-order valence-electron chi connectivity index (χ2n) is 3.70. The van der Waals surface area contributed by atoms with Gasteiger partial charge in [-0.15, -0.1) is 0 Å². The van der Waals surface area contributed by atoms with Crippen LogP contribution < -0.4 is 4.90 Å². The van der Waals surface area contributed by atoms with Gasteiger partial charge in [0, 0.05) is 18.8 Å². The van der Waals surface area contributed by atoms with Crippen LogP contribution in [0.2, 0.25) is 0 Å². The predicted octanol–water partition coefficient (Wildman–Crippen LogP) is 3.61. The molecule has 0 fully saturated rings. The Morgan fingerprint density at radius 1 is 1.07 bits per heavy atom. The van der Waals surface area contributed by atoms with Crippen LogP contribution in [0.15, 0.2) is 30.3 Å². The molecule has 0 bridgehead atoms. The average Bonchev–Trinajstić information content (AvgIpc) is 2.30. The molecule has 1 nitrogen and oxygen atoms in total. The van der Waals surface area contributed by atoms with Crippen LogP contribution >= 0.6 is 12.6 Å². The lowest BCUT2D eigenvalue weighted by molar-refractivity contribution is 0.689.